The number of nitrogens with one attached hydrogen (secondary N) is 2. The van der Waals surface area contributed by atoms with Gasteiger partial charge in [0.05, 0.1) is 0 Å². The molecule has 1 radical (unpaired) electrons. The summed E-state index contributed by atoms with van der Waals surface area (Å²) in [4.78, 5) is 58.1. The van der Waals surface area contributed by atoms with Crippen molar-refractivity contribution in [1.82, 2.24) is 25.8 Å². The van der Waals surface area contributed by atoms with E-state index in [0.29, 0.717) is 79.8 Å². The summed E-state index contributed by atoms with van der Waals surface area (Å²) in [6.45, 7) is 2.69. The summed E-state index contributed by atoms with van der Waals surface area (Å²) in [5.41, 5.74) is 5.37. The van der Waals surface area contributed by atoms with Gasteiger partial charge in [-0.05, 0) is 57.9 Å². The Bertz CT molecular complexity index is 746. The first kappa shape index (κ1) is 39.9. The van der Waals surface area contributed by atoms with Crippen molar-refractivity contribution in [3.63, 3.8) is 0 Å². The molecule has 40 heavy (non-hydrogen) atoms. The van der Waals surface area contributed by atoms with E-state index in [1.54, 1.807) is 0 Å². The molecule has 0 spiro atoms. The molecule has 0 aliphatic carbocycles. The van der Waals surface area contributed by atoms with Gasteiger partial charge in [-0.25, -0.2) is 0 Å². The molecule has 4 N–H and O–H groups in total. The van der Waals surface area contributed by atoms with Gasteiger partial charge in [-0.2, -0.15) is 0 Å². The third-order valence-corrected chi connectivity index (χ3v) is 5.83. The number of amides is 5. The minimum atomic E-state index is -0.672. The van der Waals surface area contributed by atoms with Crippen LogP contribution in [0.25, 0.3) is 0 Å². The van der Waals surface area contributed by atoms with Gasteiger partial charge in [0.1, 0.15) is 0 Å². The maximum atomic E-state index is 11.9. The maximum Gasteiger partial charge on any atom is 3.00 e. The van der Waals surface area contributed by atoms with Crippen molar-refractivity contribution in [2.24, 2.45) is 5.73 Å². The molecule has 0 aliphatic rings. The van der Waals surface area contributed by atoms with Gasteiger partial charge >= 0.3 is 17.1 Å². The number of carbonyl (C=O) groups is 5. The van der Waals surface area contributed by atoms with Crippen molar-refractivity contribution >= 4 is 29.5 Å². The van der Waals surface area contributed by atoms with Crippen molar-refractivity contribution in [2.45, 2.75) is 90.4 Å². The molecular formula is C25H45FeN6O8. The molecular weight excluding hydrogens is 568 g/mol. The van der Waals surface area contributed by atoms with Crippen LogP contribution >= 0.6 is 0 Å². The molecule has 0 aromatic rings. The van der Waals surface area contributed by atoms with Gasteiger partial charge in [0.2, 0.25) is 29.5 Å². The summed E-state index contributed by atoms with van der Waals surface area (Å²) in [6.07, 6.45) is 5.10. The van der Waals surface area contributed by atoms with E-state index in [4.69, 9.17) is 5.73 Å². The van der Waals surface area contributed by atoms with Gasteiger partial charge in [0.15, 0.2) is 0 Å². The molecule has 0 saturated heterocycles. The fourth-order valence-corrected chi connectivity index (χ4v) is 3.42. The van der Waals surface area contributed by atoms with Crippen LogP contribution in [-0.4, -0.2) is 84.0 Å². The van der Waals surface area contributed by atoms with Crippen LogP contribution in [0.3, 0.4) is 0 Å². The van der Waals surface area contributed by atoms with Gasteiger partial charge in [0.25, 0.3) is 0 Å². The molecule has 14 nitrogen and oxygen atoms in total. The number of hydrogen-bond acceptors (Lipinski definition) is 9. The maximum absolute atomic E-state index is 11.9. The quantitative estimate of drug-likeness (QED) is 0.0857. The van der Waals surface area contributed by atoms with Crippen LogP contribution in [0.5, 0.6) is 0 Å². The van der Waals surface area contributed by atoms with Crippen LogP contribution < -0.4 is 16.4 Å². The number of rotatable bonds is 23. The second kappa shape index (κ2) is 25.7. The Morgan fingerprint density at radius 1 is 0.575 bits per heavy atom. The minimum Gasteiger partial charge on any atom is -0.756 e. The SMILES string of the molecule is CC(=O)N([O-])CCCCCNC(=O)CCC(=O)N([O-])CCCCCNC(=O)CCC(=O)N([O-])CCCCCN.[Fe+3]. The summed E-state index contributed by atoms with van der Waals surface area (Å²) in [5, 5.41) is 41.1. The van der Waals surface area contributed by atoms with Crippen molar-refractivity contribution in [3.8, 4) is 0 Å². The number of hydroxylamine groups is 6. The number of carbonyl (C=O) groups excluding carboxylic acids is 5. The molecule has 5 amide bonds. The zero-order valence-electron chi connectivity index (χ0n) is 23.5. The smallest absolute Gasteiger partial charge is 0.756 e. The number of nitrogens with zero attached hydrogens (tertiary/aromatic N) is 3. The monoisotopic (exact) mass is 613 g/mol. The predicted molar refractivity (Wildman–Crippen MR) is 146 cm³/mol. The van der Waals surface area contributed by atoms with Gasteiger partial charge in [-0.15, -0.1) is 0 Å². The van der Waals surface area contributed by atoms with E-state index in [9.17, 15) is 39.6 Å². The minimum absolute atomic E-state index is 0. The third kappa shape index (κ3) is 22.5. The summed E-state index contributed by atoms with van der Waals surface area (Å²) >= 11 is 0. The van der Waals surface area contributed by atoms with Crippen molar-refractivity contribution in [3.05, 3.63) is 15.6 Å². The number of nitrogens with two attached hydrogens (primary N) is 1. The van der Waals surface area contributed by atoms with E-state index in [-0.39, 0.29) is 74.2 Å². The molecule has 0 heterocycles. The first-order chi connectivity index (χ1) is 18.6. The van der Waals surface area contributed by atoms with Crippen molar-refractivity contribution in [2.75, 3.05) is 39.3 Å². The van der Waals surface area contributed by atoms with Gasteiger partial charge in [-0.3, -0.25) is 24.0 Å². The van der Waals surface area contributed by atoms with E-state index in [2.05, 4.69) is 10.6 Å². The predicted octanol–water partition coefficient (Wildman–Crippen LogP) is 1.25. The zero-order valence-corrected chi connectivity index (χ0v) is 24.6. The Hall–Kier alpha value is -2.29. The molecule has 0 rings (SSSR count). The Balaban J connectivity index is 0. The average Bonchev–Trinajstić information content (AvgIpc) is 2.91. The molecule has 231 valence electrons. The molecule has 0 unspecified atom stereocenters. The Morgan fingerprint density at radius 3 is 1.32 bits per heavy atom. The Kier molecular flexibility index (Phi) is 25.6. The third-order valence-electron chi connectivity index (χ3n) is 5.83. The summed E-state index contributed by atoms with van der Waals surface area (Å²) in [6, 6.07) is 0. The second-order valence-electron chi connectivity index (χ2n) is 9.28. The summed E-state index contributed by atoms with van der Waals surface area (Å²) in [7, 11) is 0. The van der Waals surface area contributed by atoms with Crippen LogP contribution in [-0.2, 0) is 41.0 Å². The Labute approximate surface area is 247 Å². The molecule has 0 aromatic carbocycles. The molecule has 0 saturated carbocycles. The largest absolute Gasteiger partial charge is 3.00 e. The Morgan fingerprint density at radius 2 is 0.950 bits per heavy atom. The van der Waals surface area contributed by atoms with Gasteiger partial charge in [-0.1, -0.05) is 6.42 Å². The normalized spacial score (nSPS) is 10.3. The van der Waals surface area contributed by atoms with E-state index in [0.717, 1.165) is 12.8 Å². The van der Waals surface area contributed by atoms with E-state index < -0.39 is 17.7 Å². The number of unbranched alkanes of at least 4 members (excludes halogenated alkanes) is 6. The fraction of sp³-hybridized carbons (Fsp3) is 0.800. The van der Waals surface area contributed by atoms with Crippen LogP contribution in [0.15, 0.2) is 0 Å². The van der Waals surface area contributed by atoms with Crippen molar-refractivity contribution in [1.29, 1.82) is 0 Å². The molecule has 0 fully saturated rings. The van der Waals surface area contributed by atoms with Crippen LogP contribution in [0.1, 0.15) is 90.4 Å². The average molecular weight is 614 g/mol. The van der Waals surface area contributed by atoms with Crippen LogP contribution in [0.2, 0.25) is 0 Å². The molecule has 0 bridgehead atoms. The van der Waals surface area contributed by atoms with Crippen LogP contribution in [0.4, 0.5) is 0 Å². The summed E-state index contributed by atoms with van der Waals surface area (Å²) < 4.78 is 0. The van der Waals surface area contributed by atoms with Crippen LogP contribution in [0, 0.1) is 15.6 Å². The topological polar surface area (TPSA) is 214 Å². The summed E-state index contributed by atoms with van der Waals surface area (Å²) in [5.74, 6) is -2.50. The first-order valence-electron chi connectivity index (χ1n) is 13.7. The zero-order chi connectivity index (χ0) is 29.5. The van der Waals surface area contributed by atoms with Crippen molar-refractivity contribution < 1.29 is 41.0 Å². The molecule has 0 atom stereocenters. The van der Waals surface area contributed by atoms with Gasteiger partial charge in [0, 0.05) is 65.3 Å². The second-order valence-corrected chi connectivity index (χ2v) is 9.28. The molecule has 0 aromatic heterocycles. The number of hydrogen-bond donors (Lipinski definition) is 3. The van der Waals surface area contributed by atoms with Gasteiger partial charge < -0.3 is 47.2 Å². The fourth-order valence-electron chi connectivity index (χ4n) is 3.42. The first-order valence-corrected chi connectivity index (χ1v) is 13.7. The van der Waals surface area contributed by atoms with E-state index in [1.165, 1.54) is 6.92 Å². The van der Waals surface area contributed by atoms with E-state index in [1.807, 2.05) is 0 Å². The molecule has 0 aliphatic heterocycles. The van der Waals surface area contributed by atoms with E-state index >= 15 is 0 Å². The standard InChI is InChI=1S/C25H45N6O8.Fe/c1-21(32)29(37)18-9-3-6-16-27-22(33)12-14-25(36)31(39)20-10-4-7-17-28-23(34)11-13-24(35)30(38)19-8-2-5-15-26;/h2-20,26H2,1H3,(H,27,33)(H,28,34);/q-3;+3. The molecule has 15 heteroatoms.